The van der Waals surface area contributed by atoms with E-state index >= 15 is 0 Å². The molecule has 0 unspecified atom stereocenters. The fourth-order valence-electron chi connectivity index (χ4n) is 2.45. The zero-order valence-electron chi connectivity index (χ0n) is 12.9. The Morgan fingerprint density at radius 2 is 1.95 bits per heavy atom. The van der Waals surface area contributed by atoms with Crippen LogP contribution in [-0.4, -0.2) is 11.0 Å². The summed E-state index contributed by atoms with van der Waals surface area (Å²) in [7, 11) is 0. The Kier molecular flexibility index (Phi) is 4.32. The molecule has 0 bridgehead atoms. The minimum Gasteiger partial charge on any atom is -0.310 e. The minimum atomic E-state index is 0.763. The molecule has 21 heavy (non-hydrogen) atoms. The standard InChI is InChI=1S/C18H22N2S/c1-12-8-14(3)20-18(9-12)21-17-7-4-15(10-13(17)2)11-19-16-5-6-16/h4,7-10,16,19H,5-6,11H2,1-3H3. The van der Waals surface area contributed by atoms with E-state index in [0.717, 1.165) is 23.3 Å². The van der Waals surface area contributed by atoms with Crippen LogP contribution >= 0.6 is 11.8 Å². The van der Waals surface area contributed by atoms with E-state index < -0.39 is 0 Å². The number of rotatable bonds is 5. The fourth-order valence-corrected chi connectivity index (χ4v) is 3.47. The van der Waals surface area contributed by atoms with Crippen molar-refractivity contribution in [3.05, 3.63) is 52.7 Å². The van der Waals surface area contributed by atoms with Gasteiger partial charge in [-0.1, -0.05) is 23.9 Å². The molecule has 0 amide bonds. The van der Waals surface area contributed by atoms with Crippen molar-refractivity contribution in [3.63, 3.8) is 0 Å². The Balaban J connectivity index is 1.72. The molecule has 1 heterocycles. The van der Waals surface area contributed by atoms with Gasteiger partial charge in [0.05, 0.1) is 0 Å². The van der Waals surface area contributed by atoms with Crippen molar-refractivity contribution in [1.82, 2.24) is 10.3 Å². The summed E-state index contributed by atoms with van der Waals surface area (Å²) in [5.41, 5.74) is 5.06. The normalized spacial score (nSPS) is 14.4. The molecule has 3 rings (SSSR count). The molecule has 1 aromatic heterocycles. The van der Waals surface area contributed by atoms with Gasteiger partial charge >= 0.3 is 0 Å². The molecule has 0 aliphatic heterocycles. The number of nitrogens with one attached hydrogen (secondary N) is 1. The largest absolute Gasteiger partial charge is 0.310 e. The first-order valence-corrected chi connectivity index (χ1v) is 8.38. The zero-order chi connectivity index (χ0) is 14.8. The Morgan fingerprint density at radius 1 is 1.14 bits per heavy atom. The van der Waals surface area contributed by atoms with Crippen molar-refractivity contribution in [2.24, 2.45) is 0 Å². The highest BCUT2D eigenvalue weighted by atomic mass is 32.2. The van der Waals surface area contributed by atoms with Gasteiger partial charge in [0, 0.05) is 23.2 Å². The molecule has 1 aliphatic rings. The van der Waals surface area contributed by atoms with Crippen LogP contribution in [0, 0.1) is 20.8 Å². The molecule has 1 fully saturated rings. The second-order valence-corrected chi connectivity index (χ2v) is 7.04. The van der Waals surface area contributed by atoms with E-state index in [1.54, 1.807) is 11.8 Å². The Hall–Kier alpha value is -1.32. The highest BCUT2D eigenvalue weighted by molar-refractivity contribution is 7.99. The van der Waals surface area contributed by atoms with Crippen molar-refractivity contribution < 1.29 is 0 Å². The van der Waals surface area contributed by atoms with E-state index in [9.17, 15) is 0 Å². The van der Waals surface area contributed by atoms with Crippen LogP contribution in [0.3, 0.4) is 0 Å². The van der Waals surface area contributed by atoms with Crippen LogP contribution in [0.1, 0.15) is 35.2 Å². The van der Waals surface area contributed by atoms with Crippen LogP contribution in [0.5, 0.6) is 0 Å². The first-order chi connectivity index (χ1) is 10.1. The maximum atomic E-state index is 4.61. The highest BCUT2D eigenvalue weighted by Gasteiger charge is 2.19. The lowest BCUT2D eigenvalue weighted by molar-refractivity contribution is 0.687. The number of hydrogen-bond donors (Lipinski definition) is 1. The summed E-state index contributed by atoms with van der Waals surface area (Å²) in [5.74, 6) is 0. The van der Waals surface area contributed by atoms with Crippen LogP contribution in [0.4, 0.5) is 0 Å². The van der Waals surface area contributed by atoms with Gasteiger partial charge in [0.2, 0.25) is 0 Å². The number of aryl methyl sites for hydroxylation is 3. The van der Waals surface area contributed by atoms with E-state index in [0.29, 0.717) is 0 Å². The predicted octanol–water partition coefficient (Wildman–Crippen LogP) is 4.41. The molecule has 1 N–H and O–H groups in total. The molecule has 0 radical (unpaired) electrons. The van der Waals surface area contributed by atoms with Gasteiger partial charge in [-0.05, 0) is 68.5 Å². The third kappa shape index (κ3) is 4.08. The fraction of sp³-hybridized carbons (Fsp3) is 0.389. The summed E-state index contributed by atoms with van der Waals surface area (Å²) < 4.78 is 0. The van der Waals surface area contributed by atoms with Crippen LogP contribution < -0.4 is 5.32 Å². The zero-order valence-corrected chi connectivity index (χ0v) is 13.8. The van der Waals surface area contributed by atoms with Gasteiger partial charge < -0.3 is 5.32 Å². The predicted molar refractivity (Wildman–Crippen MR) is 88.9 cm³/mol. The number of aromatic nitrogens is 1. The summed E-state index contributed by atoms with van der Waals surface area (Å²) in [6, 6.07) is 11.8. The maximum absolute atomic E-state index is 4.61. The third-order valence-electron chi connectivity index (χ3n) is 3.70. The molecule has 1 aliphatic carbocycles. The van der Waals surface area contributed by atoms with Crippen molar-refractivity contribution in [1.29, 1.82) is 0 Å². The summed E-state index contributed by atoms with van der Waals surface area (Å²) in [5, 5.41) is 4.65. The molecular weight excluding hydrogens is 276 g/mol. The van der Waals surface area contributed by atoms with Gasteiger partial charge in [-0.25, -0.2) is 4.98 Å². The summed E-state index contributed by atoms with van der Waals surface area (Å²) in [6.07, 6.45) is 2.68. The van der Waals surface area contributed by atoms with Gasteiger partial charge in [0.25, 0.3) is 0 Å². The van der Waals surface area contributed by atoms with Crippen molar-refractivity contribution >= 4 is 11.8 Å². The van der Waals surface area contributed by atoms with Crippen molar-refractivity contribution in [3.8, 4) is 0 Å². The van der Waals surface area contributed by atoms with Crippen LogP contribution in [-0.2, 0) is 6.54 Å². The molecule has 2 nitrogen and oxygen atoms in total. The smallest absolute Gasteiger partial charge is 0.101 e. The van der Waals surface area contributed by atoms with Gasteiger partial charge in [0.1, 0.15) is 5.03 Å². The molecule has 1 aromatic carbocycles. The summed E-state index contributed by atoms with van der Waals surface area (Å²) in [4.78, 5) is 5.91. The van der Waals surface area contributed by atoms with Gasteiger partial charge in [-0.15, -0.1) is 0 Å². The lowest BCUT2D eigenvalue weighted by Gasteiger charge is -2.09. The van der Waals surface area contributed by atoms with E-state index in [-0.39, 0.29) is 0 Å². The number of hydrogen-bond acceptors (Lipinski definition) is 3. The molecule has 0 saturated heterocycles. The molecule has 0 spiro atoms. The second-order valence-electron chi connectivity index (χ2n) is 5.98. The molecule has 0 atom stereocenters. The van der Waals surface area contributed by atoms with Gasteiger partial charge in [0.15, 0.2) is 0 Å². The summed E-state index contributed by atoms with van der Waals surface area (Å²) >= 11 is 1.76. The minimum absolute atomic E-state index is 0.763. The monoisotopic (exact) mass is 298 g/mol. The molecule has 2 aromatic rings. The van der Waals surface area contributed by atoms with Crippen molar-refractivity contribution in [2.75, 3.05) is 0 Å². The Morgan fingerprint density at radius 3 is 2.62 bits per heavy atom. The Labute approximate surface area is 131 Å². The SMILES string of the molecule is Cc1cc(C)nc(Sc2ccc(CNC3CC3)cc2C)c1. The quantitative estimate of drug-likeness (QED) is 0.885. The summed E-state index contributed by atoms with van der Waals surface area (Å²) in [6.45, 7) is 7.35. The van der Waals surface area contributed by atoms with E-state index in [1.165, 1.54) is 34.4 Å². The first kappa shape index (κ1) is 14.6. The number of nitrogens with zero attached hydrogens (tertiary/aromatic N) is 1. The lowest BCUT2D eigenvalue weighted by atomic mass is 10.1. The number of pyridine rings is 1. The highest BCUT2D eigenvalue weighted by Crippen LogP contribution is 2.30. The topological polar surface area (TPSA) is 24.9 Å². The first-order valence-electron chi connectivity index (χ1n) is 7.56. The Bertz CT molecular complexity index is 627. The average molecular weight is 298 g/mol. The van der Waals surface area contributed by atoms with Gasteiger partial charge in [-0.2, -0.15) is 0 Å². The molecule has 1 saturated carbocycles. The maximum Gasteiger partial charge on any atom is 0.101 e. The van der Waals surface area contributed by atoms with E-state index in [2.05, 4.69) is 61.4 Å². The van der Waals surface area contributed by atoms with E-state index in [4.69, 9.17) is 0 Å². The van der Waals surface area contributed by atoms with Gasteiger partial charge in [-0.3, -0.25) is 0 Å². The van der Waals surface area contributed by atoms with Crippen molar-refractivity contribution in [2.45, 2.75) is 56.1 Å². The van der Waals surface area contributed by atoms with Crippen LogP contribution in [0.2, 0.25) is 0 Å². The van der Waals surface area contributed by atoms with Crippen LogP contribution in [0.15, 0.2) is 40.3 Å². The average Bonchev–Trinajstić information content (AvgIpc) is 3.22. The third-order valence-corrected chi connectivity index (χ3v) is 4.80. The second kappa shape index (κ2) is 6.20. The molecule has 110 valence electrons. The molecule has 3 heteroatoms. The lowest BCUT2D eigenvalue weighted by Crippen LogP contribution is -2.15. The molecular formula is C18H22N2S. The number of benzene rings is 1. The van der Waals surface area contributed by atoms with Crippen LogP contribution in [0.25, 0.3) is 0 Å². The van der Waals surface area contributed by atoms with E-state index in [1.807, 2.05) is 0 Å².